The van der Waals surface area contributed by atoms with Gasteiger partial charge in [0.15, 0.2) is 0 Å². The van der Waals surface area contributed by atoms with Gasteiger partial charge in [0, 0.05) is 17.0 Å². The maximum atomic E-state index is 12.0. The summed E-state index contributed by atoms with van der Waals surface area (Å²) in [5.41, 5.74) is 0.619. The van der Waals surface area contributed by atoms with E-state index in [2.05, 4.69) is 5.32 Å². The van der Waals surface area contributed by atoms with Crippen LogP contribution in [-0.2, 0) is 4.79 Å². The Labute approximate surface area is 110 Å². The lowest BCUT2D eigenvalue weighted by molar-refractivity contribution is -0.142. The van der Waals surface area contributed by atoms with Crippen molar-refractivity contribution in [2.24, 2.45) is 5.92 Å². The number of carboxylic acid groups (broad SMARTS) is 1. The fraction of sp³-hybridized carbons (Fsp3) is 0.538. The van der Waals surface area contributed by atoms with Gasteiger partial charge in [-0.1, -0.05) is 19.3 Å². The molecule has 18 heavy (non-hydrogen) atoms. The molecular formula is C13H17NO3S. The topological polar surface area (TPSA) is 66.4 Å². The Balaban J connectivity index is 2.04. The molecule has 0 saturated heterocycles. The SMILES string of the molecule is O=C(N[C@@H]1CCCCC[C@H]1C(=O)O)c1ccsc1. The van der Waals surface area contributed by atoms with Crippen molar-refractivity contribution in [3.63, 3.8) is 0 Å². The van der Waals surface area contributed by atoms with Crippen molar-refractivity contribution in [1.29, 1.82) is 0 Å². The van der Waals surface area contributed by atoms with E-state index in [1.165, 1.54) is 11.3 Å². The normalized spacial score (nSPS) is 24.2. The van der Waals surface area contributed by atoms with Crippen molar-refractivity contribution in [2.75, 3.05) is 0 Å². The summed E-state index contributed by atoms with van der Waals surface area (Å²) in [6, 6.07) is 1.52. The zero-order chi connectivity index (χ0) is 13.0. The summed E-state index contributed by atoms with van der Waals surface area (Å²) in [5.74, 6) is -1.41. The van der Waals surface area contributed by atoms with Gasteiger partial charge in [0.25, 0.3) is 5.91 Å². The lowest BCUT2D eigenvalue weighted by Crippen LogP contribution is -2.42. The van der Waals surface area contributed by atoms with E-state index < -0.39 is 11.9 Å². The number of carboxylic acids is 1. The zero-order valence-corrected chi connectivity index (χ0v) is 10.9. The number of aliphatic carboxylic acids is 1. The first kappa shape index (κ1) is 13.1. The molecule has 1 aromatic rings. The molecule has 1 aliphatic carbocycles. The molecule has 0 aromatic carbocycles. The summed E-state index contributed by atoms with van der Waals surface area (Å²) in [6.07, 6.45) is 4.38. The van der Waals surface area contributed by atoms with Crippen molar-refractivity contribution in [2.45, 2.75) is 38.1 Å². The second-order valence-corrected chi connectivity index (χ2v) is 5.45. The Kier molecular flexibility index (Phi) is 4.36. The summed E-state index contributed by atoms with van der Waals surface area (Å²) in [4.78, 5) is 23.2. The highest BCUT2D eigenvalue weighted by molar-refractivity contribution is 7.08. The van der Waals surface area contributed by atoms with Crippen LogP contribution < -0.4 is 5.32 Å². The minimum atomic E-state index is -0.799. The van der Waals surface area contributed by atoms with Crippen LogP contribution in [0.15, 0.2) is 16.8 Å². The van der Waals surface area contributed by atoms with Crippen LogP contribution >= 0.6 is 11.3 Å². The molecule has 2 rings (SSSR count). The van der Waals surface area contributed by atoms with Gasteiger partial charge in [0.05, 0.1) is 5.92 Å². The summed E-state index contributed by atoms with van der Waals surface area (Å²) >= 11 is 1.46. The minimum absolute atomic E-state index is 0.158. The summed E-state index contributed by atoms with van der Waals surface area (Å²) in [5, 5.41) is 15.7. The average molecular weight is 267 g/mol. The van der Waals surface area contributed by atoms with E-state index in [1.807, 2.05) is 5.38 Å². The maximum Gasteiger partial charge on any atom is 0.308 e. The third kappa shape index (κ3) is 3.10. The van der Waals surface area contributed by atoms with E-state index in [0.29, 0.717) is 12.0 Å². The third-order valence-electron chi connectivity index (χ3n) is 3.43. The van der Waals surface area contributed by atoms with Crippen LogP contribution in [0, 0.1) is 5.92 Å². The van der Waals surface area contributed by atoms with Gasteiger partial charge < -0.3 is 10.4 Å². The Morgan fingerprint density at radius 1 is 1.28 bits per heavy atom. The first-order valence-electron chi connectivity index (χ1n) is 6.24. The van der Waals surface area contributed by atoms with Crippen LogP contribution in [0.4, 0.5) is 0 Å². The molecule has 1 aliphatic rings. The van der Waals surface area contributed by atoms with Crippen LogP contribution in [0.2, 0.25) is 0 Å². The fourth-order valence-electron chi connectivity index (χ4n) is 2.42. The van der Waals surface area contributed by atoms with Crippen LogP contribution in [0.25, 0.3) is 0 Å². The molecule has 1 fully saturated rings. The van der Waals surface area contributed by atoms with E-state index in [4.69, 9.17) is 0 Å². The van der Waals surface area contributed by atoms with Crippen LogP contribution in [-0.4, -0.2) is 23.0 Å². The predicted octanol–water partition coefficient (Wildman–Crippen LogP) is 2.51. The Morgan fingerprint density at radius 3 is 2.72 bits per heavy atom. The van der Waals surface area contributed by atoms with E-state index in [0.717, 1.165) is 25.7 Å². The molecule has 0 unspecified atom stereocenters. The second kappa shape index (κ2) is 6.00. The number of thiophene rings is 1. The Bertz CT molecular complexity index is 416. The van der Waals surface area contributed by atoms with Gasteiger partial charge >= 0.3 is 5.97 Å². The summed E-state index contributed by atoms with van der Waals surface area (Å²) in [7, 11) is 0. The molecule has 1 amide bonds. The monoisotopic (exact) mass is 267 g/mol. The lowest BCUT2D eigenvalue weighted by Gasteiger charge is -2.22. The molecule has 2 N–H and O–H groups in total. The van der Waals surface area contributed by atoms with Crippen molar-refractivity contribution in [1.82, 2.24) is 5.32 Å². The smallest absolute Gasteiger partial charge is 0.308 e. The van der Waals surface area contributed by atoms with E-state index in [9.17, 15) is 14.7 Å². The average Bonchev–Trinajstić information content (AvgIpc) is 2.77. The standard InChI is InChI=1S/C13H17NO3S/c15-12(9-6-7-18-8-9)14-11-5-3-1-2-4-10(11)13(16)17/h6-8,10-11H,1-5H2,(H,14,15)(H,16,17)/t10-,11-/m1/s1. The van der Waals surface area contributed by atoms with E-state index in [-0.39, 0.29) is 11.9 Å². The number of carbonyl (C=O) groups is 2. The lowest BCUT2D eigenvalue weighted by atomic mass is 9.94. The van der Waals surface area contributed by atoms with Gasteiger partial charge in [-0.05, 0) is 24.3 Å². The van der Waals surface area contributed by atoms with Crippen molar-refractivity contribution in [3.8, 4) is 0 Å². The van der Waals surface area contributed by atoms with Crippen LogP contribution in [0.5, 0.6) is 0 Å². The molecule has 98 valence electrons. The molecular weight excluding hydrogens is 250 g/mol. The largest absolute Gasteiger partial charge is 0.481 e. The summed E-state index contributed by atoms with van der Waals surface area (Å²) in [6.45, 7) is 0. The quantitative estimate of drug-likeness (QED) is 0.827. The number of carbonyl (C=O) groups excluding carboxylic acids is 1. The van der Waals surface area contributed by atoms with Crippen molar-refractivity contribution < 1.29 is 14.7 Å². The highest BCUT2D eigenvalue weighted by Gasteiger charge is 2.30. The first-order chi connectivity index (χ1) is 8.68. The highest BCUT2D eigenvalue weighted by atomic mass is 32.1. The fourth-order valence-corrected chi connectivity index (χ4v) is 3.06. The molecule has 0 bridgehead atoms. The molecule has 0 radical (unpaired) electrons. The number of nitrogens with one attached hydrogen (secondary N) is 1. The molecule has 4 nitrogen and oxygen atoms in total. The third-order valence-corrected chi connectivity index (χ3v) is 4.12. The maximum absolute atomic E-state index is 12.0. The van der Waals surface area contributed by atoms with Crippen LogP contribution in [0.3, 0.4) is 0 Å². The highest BCUT2D eigenvalue weighted by Crippen LogP contribution is 2.24. The van der Waals surface area contributed by atoms with Gasteiger partial charge in [0.1, 0.15) is 0 Å². The van der Waals surface area contributed by atoms with Crippen molar-refractivity contribution >= 4 is 23.2 Å². The molecule has 5 heteroatoms. The zero-order valence-electron chi connectivity index (χ0n) is 10.1. The first-order valence-corrected chi connectivity index (χ1v) is 7.18. The van der Waals surface area contributed by atoms with Gasteiger partial charge in [0.2, 0.25) is 0 Å². The molecule has 2 atom stereocenters. The van der Waals surface area contributed by atoms with Crippen LogP contribution in [0.1, 0.15) is 42.5 Å². The van der Waals surface area contributed by atoms with E-state index in [1.54, 1.807) is 11.4 Å². The summed E-state index contributed by atoms with van der Waals surface area (Å²) < 4.78 is 0. The molecule has 1 aromatic heterocycles. The van der Waals surface area contributed by atoms with Crippen molar-refractivity contribution in [3.05, 3.63) is 22.4 Å². The number of amides is 1. The number of rotatable bonds is 3. The van der Waals surface area contributed by atoms with Gasteiger partial charge in [-0.3, -0.25) is 9.59 Å². The van der Waals surface area contributed by atoms with Gasteiger partial charge in [-0.2, -0.15) is 11.3 Å². The van der Waals surface area contributed by atoms with Gasteiger partial charge in [-0.15, -0.1) is 0 Å². The molecule has 1 heterocycles. The van der Waals surface area contributed by atoms with Gasteiger partial charge in [-0.25, -0.2) is 0 Å². The Morgan fingerprint density at radius 2 is 2.06 bits per heavy atom. The predicted molar refractivity (Wildman–Crippen MR) is 69.8 cm³/mol. The number of hydrogen-bond acceptors (Lipinski definition) is 3. The minimum Gasteiger partial charge on any atom is -0.481 e. The number of hydrogen-bond donors (Lipinski definition) is 2. The molecule has 0 aliphatic heterocycles. The molecule has 1 saturated carbocycles. The van der Waals surface area contributed by atoms with E-state index >= 15 is 0 Å². The Hall–Kier alpha value is -1.36. The molecule has 0 spiro atoms. The second-order valence-electron chi connectivity index (χ2n) is 4.67.